The molecule has 0 aliphatic rings. The molecule has 4 nitrogen and oxygen atoms in total. The molecular weight excluding hydrogens is 586 g/mol. The molecule has 0 unspecified atom stereocenters. The first-order valence-corrected chi connectivity index (χ1v) is 9.55. The summed E-state index contributed by atoms with van der Waals surface area (Å²) in [5, 5.41) is 3.92. The summed E-state index contributed by atoms with van der Waals surface area (Å²) in [4.78, 5) is 16.8. The Labute approximate surface area is 168 Å². The Morgan fingerprint density at radius 2 is 1.96 bits per heavy atom. The van der Waals surface area contributed by atoms with E-state index in [0.717, 1.165) is 17.2 Å². The maximum Gasteiger partial charge on any atom is 0.259 e. The lowest BCUT2D eigenvalue weighted by Crippen LogP contribution is -2.07. The molecule has 0 saturated heterocycles. The monoisotopic (exact) mass is 594 g/mol. The van der Waals surface area contributed by atoms with E-state index in [1.807, 2.05) is 42.5 Å². The molecule has 0 aliphatic carbocycles. The van der Waals surface area contributed by atoms with Crippen LogP contribution in [0.3, 0.4) is 0 Å². The van der Waals surface area contributed by atoms with Crippen LogP contribution in [0, 0.1) is 7.14 Å². The fraction of sp³-hybridized carbons (Fsp3) is 0.0625. The fourth-order valence-electron chi connectivity index (χ4n) is 2.02. The molecule has 3 rings (SSSR count). The van der Waals surface area contributed by atoms with Crippen LogP contribution in [0.2, 0.25) is 0 Å². The number of benzene rings is 2. The summed E-state index contributed by atoms with van der Waals surface area (Å²) in [5.74, 6) is 0.764. The van der Waals surface area contributed by atoms with Gasteiger partial charge in [0.05, 0.1) is 12.0 Å². The van der Waals surface area contributed by atoms with Gasteiger partial charge < -0.3 is 4.52 Å². The van der Waals surface area contributed by atoms with Gasteiger partial charge in [-0.25, -0.2) is 0 Å². The average Bonchev–Trinajstić information content (AvgIpc) is 2.98. The van der Waals surface area contributed by atoms with E-state index in [4.69, 9.17) is 4.52 Å². The maximum absolute atomic E-state index is 12.5. The van der Waals surface area contributed by atoms with E-state index < -0.39 is 0 Å². The van der Waals surface area contributed by atoms with Gasteiger partial charge in [-0.2, -0.15) is 4.98 Å². The normalized spacial score (nSPS) is 10.7. The smallest absolute Gasteiger partial charge is 0.259 e. The molecule has 0 atom stereocenters. The second kappa shape index (κ2) is 7.39. The Hall–Kier alpha value is -0.810. The van der Waals surface area contributed by atoms with Gasteiger partial charge in [0.1, 0.15) is 0 Å². The Morgan fingerprint density at radius 3 is 2.74 bits per heavy atom. The standard InChI is InChI=1S/C16H9BrI2N2O2/c17-12-4-2-1-3-10(12)16-20-15(21-23-16)8-14(22)11-7-9(18)5-6-13(11)19/h1-7H,8H2. The van der Waals surface area contributed by atoms with Gasteiger partial charge in [-0.1, -0.05) is 17.3 Å². The number of nitrogens with zero attached hydrogens (tertiary/aromatic N) is 2. The van der Waals surface area contributed by atoms with Gasteiger partial charge in [-0.05, 0) is 91.4 Å². The van der Waals surface area contributed by atoms with Crippen molar-refractivity contribution in [1.82, 2.24) is 10.1 Å². The lowest BCUT2D eigenvalue weighted by atomic mass is 10.1. The van der Waals surface area contributed by atoms with E-state index in [2.05, 4.69) is 71.3 Å². The molecule has 0 bridgehead atoms. The summed E-state index contributed by atoms with van der Waals surface area (Å²) in [6.07, 6.45) is 0.115. The van der Waals surface area contributed by atoms with Gasteiger partial charge in [0.2, 0.25) is 0 Å². The SMILES string of the molecule is O=C(Cc1noc(-c2ccccc2Br)n1)c1cc(I)ccc1I. The highest BCUT2D eigenvalue weighted by Crippen LogP contribution is 2.26. The molecule has 0 radical (unpaired) electrons. The van der Waals surface area contributed by atoms with Crippen LogP contribution in [0.4, 0.5) is 0 Å². The molecule has 0 spiro atoms. The number of hydrogen-bond acceptors (Lipinski definition) is 4. The van der Waals surface area contributed by atoms with Crippen LogP contribution in [0.25, 0.3) is 11.5 Å². The first-order chi connectivity index (χ1) is 11.0. The lowest BCUT2D eigenvalue weighted by Gasteiger charge is -2.02. The molecule has 0 N–H and O–H groups in total. The minimum absolute atomic E-state index is 0.0209. The van der Waals surface area contributed by atoms with Crippen LogP contribution in [0.5, 0.6) is 0 Å². The molecule has 7 heteroatoms. The van der Waals surface area contributed by atoms with E-state index in [1.165, 1.54) is 0 Å². The number of halogens is 3. The summed E-state index contributed by atoms with van der Waals surface area (Å²) in [6, 6.07) is 13.4. The molecule has 3 aromatic rings. The van der Waals surface area contributed by atoms with E-state index in [9.17, 15) is 4.79 Å². The van der Waals surface area contributed by atoms with Crippen molar-refractivity contribution >= 4 is 66.9 Å². The summed E-state index contributed by atoms with van der Waals surface area (Å²) >= 11 is 7.80. The third kappa shape index (κ3) is 4.00. The topological polar surface area (TPSA) is 56.0 Å². The molecule has 0 aliphatic heterocycles. The van der Waals surface area contributed by atoms with Crippen molar-refractivity contribution in [3.63, 3.8) is 0 Å². The number of ketones is 1. The highest BCUT2D eigenvalue weighted by Gasteiger charge is 2.17. The predicted molar refractivity (Wildman–Crippen MR) is 107 cm³/mol. The number of hydrogen-bond donors (Lipinski definition) is 0. The Bertz CT molecular complexity index is 880. The van der Waals surface area contributed by atoms with Crippen molar-refractivity contribution in [3.05, 3.63) is 65.5 Å². The summed E-state index contributed by atoms with van der Waals surface area (Å²) in [7, 11) is 0. The van der Waals surface area contributed by atoms with Crippen molar-refractivity contribution in [3.8, 4) is 11.5 Å². The van der Waals surface area contributed by atoms with Crippen LogP contribution in [-0.2, 0) is 6.42 Å². The van der Waals surface area contributed by atoms with Gasteiger partial charge >= 0.3 is 0 Å². The summed E-state index contributed by atoms with van der Waals surface area (Å²) < 4.78 is 8.09. The van der Waals surface area contributed by atoms with Crippen LogP contribution in [-0.4, -0.2) is 15.9 Å². The van der Waals surface area contributed by atoms with Crippen molar-refractivity contribution in [1.29, 1.82) is 0 Å². The molecule has 0 amide bonds. The first kappa shape index (κ1) is 17.0. The van der Waals surface area contributed by atoms with E-state index in [-0.39, 0.29) is 12.2 Å². The third-order valence-corrected chi connectivity index (χ3v) is 5.42. The van der Waals surface area contributed by atoms with Crippen LogP contribution < -0.4 is 0 Å². The second-order valence-electron chi connectivity index (χ2n) is 4.72. The zero-order valence-corrected chi connectivity index (χ0v) is 17.5. The van der Waals surface area contributed by atoms with Crippen molar-refractivity contribution in [2.45, 2.75) is 6.42 Å². The van der Waals surface area contributed by atoms with Gasteiger partial charge in [-0.3, -0.25) is 4.79 Å². The van der Waals surface area contributed by atoms with Gasteiger partial charge in [0.25, 0.3) is 5.89 Å². The highest BCUT2D eigenvalue weighted by molar-refractivity contribution is 14.1. The molecule has 0 saturated carbocycles. The zero-order valence-electron chi connectivity index (χ0n) is 11.6. The maximum atomic E-state index is 12.5. The molecule has 1 aromatic heterocycles. The zero-order chi connectivity index (χ0) is 16.4. The van der Waals surface area contributed by atoms with E-state index in [0.29, 0.717) is 17.3 Å². The molecular formula is C16H9BrI2N2O2. The fourth-order valence-corrected chi connectivity index (χ4v) is 3.60. The number of Topliss-reactive ketones (excluding diaryl/α,β-unsaturated/α-hetero) is 1. The number of carbonyl (C=O) groups is 1. The summed E-state index contributed by atoms with van der Waals surface area (Å²) in [6.45, 7) is 0. The molecule has 116 valence electrons. The second-order valence-corrected chi connectivity index (χ2v) is 7.98. The average molecular weight is 595 g/mol. The van der Waals surface area contributed by atoms with Crippen LogP contribution in [0.15, 0.2) is 51.5 Å². The molecule has 0 fully saturated rings. The van der Waals surface area contributed by atoms with Crippen LogP contribution >= 0.6 is 61.1 Å². The van der Waals surface area contributed by atoms with Crippen molar-refractivity contribution in [2.24, 2.45) is 0 Å². The van der Waals surface area contributed by atoms with Crippen molar-refractivity contribution < 1.29 is 9.32 Å². The highest BCUT2D eigenvalue weighted by atomic mass is 127. The number of rotatable bonds is 4. The Balaban J connectivity index is 1.83. The van der Waals surface area contributed by atoms with Crippen molar-refractivity contribution in [2.75, 3.05) is 0 Å². The largest absolute Gasteiger partial charge is 0.334 e. The third-order valence-electron chi connectivity index (χ3n) is 3.12. The Morgan fingerprint density at radius 1 is 1.17 bits per heavy atom. The number of carbonyl (C=O) groups excluding carboxylic acids is 1. The quantitative estimate of drug-likeness (QED) is 0.310. The van der Waals surface area contributed by atoms with Crippen LogP contribution in [0.1, 0.15) is 16.2 Å². The molecule has 2 aromatic carbocycles. The minimum atomic E-state index is -0.0209. The predicted octanol–water partition coefficient (Wildman–Crippen LogP) is 5.13. The minimum Gasteiger partial charge on any atom is -0.334 e. The van der Waals surface area contributed by atoms with E-state index >= 15 is 0 Å². The van der Waals surface area contributed by atoms with E-state index in [1.54, 1.807) is 0 Å². The molecule has 1 heterocycles. The lowest BCUT2D eigenvalue weighted by molar-refractivity contribution is 0.0989. The van der Waals surface area contributed by atoms with Gasteiger partial charge in [0.15, 0.2) is 11.6 Å². The Kier molecular flexibility index (Phi) is 5.47. The molecule has 23 heavy (non-hydrogen) atoms. The number of aromatic nitrogens is 2. The first-order valence-electron chi connectivity index (χ1n) is 6.60. The summed E-state index contributed by atoms with van der Waals surface area (Å²) in [5.41, 5.74) is 1.49. The van der Waals surface area contributed by atoms with Gasteiger partial charge in [0, 0.05) is 17.2 Å². The van der Waals surface area contributed by atoms with Gasteiger partial charge in [-0.15, -0.1) is 0 Å².